The predicted molar refractivity (Wildman–Crippen MR) is 110 cm³/mol. The molecule has 0 aromatic heterocycles. The highest BCUT2D eigenvalue weighted by molar-refractivity contribution is 6.30. The van der Waals surface area contributed by atoms with Gasteiger partial charge in [0.2, 0.25) is 0 Å². The zero-order chi connectivity index (χ0) is 21.6. The monoisotopic (exact) mass is 423 g/mol. The Bertz CT molecular complexity index is 932. The lowest BCUT2D eigenvalue weighted by atomic mass is 9.94. The topological polar surface area (TPSA) is 41.8 Å². The molecule has 0 unspecified atom stereocenters. The van der Waals surface area contributed by atoms with Gasteiger partial charge in [0.1, 0.15) is 18.1 Å². The summed E-state index contributed by atoms with van der Waals surface area (Å²) in [6.45, 7) is 5.28. The SMILES string of the molecule is C=C(C)/C(=C\C(=NC)C(F)(F)F)c1ccc(OCc2ccc(Cl)cc2)cc1CO. The minimum atomic E-state index is -4.59. The van der Waals surface area contributed by atoms with Crippen LogP contribution in [-0.2, 0) is 13.2 Å². The molecule has 2 rings (SSSR count). The van der Waals surface area contributed by atoms with Gasteiger partial charge in [-0.15, -0.1) is 0 Å². The molecule has 0 aliphatic rings. The summed E-state index contributed by atoms with van der Waals surface area (Å²) in [6, 6.07) is 12.0. The number of halogens is 4. The highest BCUT2D eigenvalue weighted by Crippen LogP contribution is 2.31. The fourth-order valence-electron chi connectivity index (χ4n) is 2.64. The van der Waals surface area contributed by atoms with E-state index in [4.69, 9.17) is 16.3 Å². The third kappa shape index (κ3) is 6.21. The molecule has 0 radical (unpaired) electrons. The van der Waals surface area contributed by atoms with Gasteiger partial charge in [0.05, 0.1) is 6.61 Å². The molecule has 0 saturated carbocycles. The Morgan fingerprint density at radius 2 is 1.86 bits per heavy atom. The maximum atomic E-state index is 13.1. The standard InChI is InChI=1S/C22H21ClF3NO2/c1-14(2)20(11-21(27-3)22(24,25)26)19-9-8-18(10-16(19)12-28)29-13-15-4-6-17(23)7-5-15/h4-11,28H,1,12-13H2,2-3H3/b20-11+,27-21?. The van der Waals surface area contributed by atoms with Crippen LogP contribution in [0.4, 0.5) is 13.2 Å². The Morgan fingerprint density at radius 3 is 2.38 bits per heavy atom. The predicted octanol–water partition coefficient (Wildman–Crippen LogP) is 6.00. The van der Waals surface area contributed by atoms with Crippen LogP contribution in [0.1, 0.15) is 23.6 Å². The number of aliphatic imine (C=N–C) groups is 1. The van der Waals surface area contributed by atoms with Crippen molar-refractivity contribution < 1.29 is 23.0 Å². The van der Waals surface area contributed by atoms with E-state index >= 15 is 0 Å². The van der Waals surface area contributed by atoms with Crippen LogP contribution in [0.2, 0.25) is 5.02 Å². The lowest BCUT2D eigenvalue weighted by molar-refractivity contribution is -0.0577. The molecule has 0 heterocycles. The van der Waals surface area contributed by atoms with E-state index in [2.05, 4.69) is 11.6 Å². The Balaban J connectivity index is 2.34. The molecule has 1 N–H and O–H groups in total. The first-order valence-electron chi connectivity index (χ1n) is 8.68. The quantitative estimate of drug-likeness (QED) is 0.438. The number of aliphatic hydroxyl groups excluding tert-OH is 1. The molecule has 0 saturated heterocycles. The molecule has 154 valence electrons. The maximum Gasteiger partial charge on any atom is 0.432 e. The van der Waals surface area contributed by atoms with Gasteiger partial charge < -0.3 is 9.84 Å². The van der Waals surface area contributed by atoms with Gasteiger partial charge in [-0.05, 0) is 59.5 Å². The molecule has 0 aliphatic heterocycles. The maximum absolute atomic E-state index is 13.1. The molecule has 2 aromatic carbocycles. The number of allylic oxidation sites excluding steroid dienone is 3. The van der Waals surface area contributed by atoms with Crippen LogP contribution >= 0.6 is 11.6 Å². The fraction of sp³-hybridized carbons (Fsp3) is 0.227. The van der Waals surface area contributed by atoms with Crippen molar-refractivity contribution in [3.05, 3.63) is 82.4 Å². The van der Waals surface area contributed by atoms with E-state index in [0.29, 0.717) is 27.5 Å². The van der Waals surface area contributed by atoms with E-state index in [1.165, 1.54) is 0 Å². The summed E-state index contributed by atoms with van der Waals surface area (Å²) in [7, 11) is 1.08. The fourth-order valence-corrected chi connectivity index (χ4v) is 2.77. The smallest absolute Gasteiger partial charge is 0.432 e. The number of hydrogen-bond acceptors (Lipinski definition) is 3. The Morgan fingerprint density at radius 1 is 1.21 bits per heavy atom. The molecule has 0 bridgehead atoms. The Kier molecular flexibility index (Phi) is 7.65. The first kappa shape index (κ1) is 22.7. The van der Waals surface area contributed by atoms with Crippen molar-refractivity contribution >= 4 is 22.9 Å². The summed E-state index contributed by atoms with van der Waals surface area (Å²) in [5.74, 6) is 0.481. The summed E-state index contributed by atoms with van der Waals surface area (Å²) in [4.78, 5) is 3.33. The first-order valence-corrected chi connectivity index (χ1v) is 9.06. The van der Waals surface area contributed by atoms with Gasteiger partial charge >= 0.3 is 6.18 Å². The van der Waals surface area contributed by atoms with Gasteiger partial charge in [0, 0.05) is 12.1 Å². The number of rotatable bonds is 7. The molecule has 7 heteroatoms. The average molecular weight is 424 g/mol. The van der Waals surface area contributed by atoms with Gasteiger partial charge in [-0.25, -0.2) is 0 Å². The molecule has 0 fully saturated rings. The zero-order valence-corrected chi connectivity index (χ0v) is 16.8. The van der Waals surface area contributed by atoms with Crippen molar-refractivity contribution in [2.75, 3.05) is 7.05 Å². The molecule has 29 heavy (non-hydrogen) atoms. The van der Waals surface area contributed by atoms with Crippen LogP contribution in [0.5, 0.6) is 5.75 Å². The van der Waals surface area contributed by atoms with Gasteiger partial charge in [-0.3, -0.25) is 4.99 Å². The molecular formula is C22H21ClF3NO2. The summed E-state index contributed by atoms with van der Waals surface area (Å²) < 4.78 is 45.1. The van der Waals surface area contributed by atoms with Crippen molar-refractivity contribution in [2.45, 2.75) is 26.3 Å². The van der Waals surface area contributed by atoms with E-state index in [1.807, 2.05) is 12.1 Å². The summed E-state index contributed by atoms with van der Waals surface area (Å²) in [5, 5.41) is 10.4. The Hall–Kier alpha value is -2.57. The number of alkyl halides is 3. The van der Waals surface area contributed by atoms with E-state index in [0.717, 1.165) is 18.7 Å². The normalized spacial score (nSPS) is 12.8. The molecule has 0 amide bonds. The van der Waals surface area contributed by atoms with Crippen LogP contribution in [0.15, 0.2) is 65.7 Å². The molecular weight excluding hydrogens is 403 g/mol. The van der Waals surface area contributed by atoms with Crippen molar-refractivity contribution in [3.8, 4) is 5.75 Å². The highest BCUT2D eigenvalue weighted by Gasteiger charge is 2.34. The van der Waals surface area contributed by atoms with Crippen molar-refractivity contribution in [2.24, 2.45) is 4.99 Å². The molecule has 0 aliphatic carbocycles. The second kappa shape index (κ2) is 9.76. The van der Waals surface area contributed by atoms with E-state index < -0.39 is 11.9 Å². The van der Waals surface area contributed by atoms with Crippen LogP contribution in [0.3, 0.4) is 0 Å². The van der Waals surface area contributed by atoms with Crippen LogP contribution in [0.25, 0.3) is 5.57 Å². The van der Waals surface area contributed by atoms with Crippen molar-refractivity contribution in [1.29, 1.82) is 0 Å². The lowest BCUT2D eigenvalue weighted by Crippen LogP contribution is -2.21. The number of hydrogen-bond donors (Lipinski definition) is 1. The highest BCUT2D eigenvalue weighted by atomic mass is 35.5. The minimum absolute atomic E-state index is 0.247. The second-order valence-corrected chi connectivity index (χ2v) is 6.77. The third-order valence-electron chi connectivity index (χ3n) is 4.13. The molecule has 3 nitrogen and oxygen atoms in total. The van der Waals surface area contributed by atoms with Crippen molar-refractivity contribution in [1.82, 2.24) is 0 Å². The lowest BCUT2D eigenvalue weighted by Gasteiger charge is -2.16. The molecule has 2 aromatic rings. The third-order valence-corrected chi connectivity index (χ3v) is 4.38. The van der Waals surface area contributed by atoms with Gasteiger partial charge in [-0.1, -0.05) is 42.0 Å². The summed E-state index contributed by atoms with van der Waals surface area (Å²) in [5.41, 5.74) is 1.40. The van der Waals surface area contributed by atoms with Gasteiger partial charge in [-0.2, -0.15) is 13.2 Å². The summed E-state index contributed by atoms with van der Waals surface area (Å²) >= 11 is 5.86. The van der Waals surface area contributed by atoms with Gasteiger partial charge in [0.25, 0.3) is 0 Å². The van der Waals surface area contributed by atoms with E-state index in [9.17, 15) is 18.3 Å². The zero-order valence-electron chi connectivity index (χ0n) is 16.1. The Labute approximate surface area is 172 Å². The minimum Gasteiger partial charge on any atom is -0.489 e. The first-order chi connectivity index (χ1) is 13.7. The number of aliphatic hydroxyl groups is 1. The van der Waals surface area contributed by atoms with E-state index in [1.54, 1.807) is 37.3 Å². The van der Waals surface area contributed by atoms with Gasteiger partial charge in [0.15, 0.2) is 0 Å². The number of nitrogens with zero attached hydrogens (tertiary/aromatic N) is 1. The second-order valence-electron chi connectivity index (χ2n) is 6.34. The van der Waals surface area contributed by atoms with E-state index in [-0.39, 0.29) is 18.8 Å². The molecule has 0 atom stereocenters. The van der Waals surface area contributed by atoms with Crippen LogP contribution in [0, 0.1) is 0 Å². The average Bonchev–Trinajstić information content (AvgIpc) is 2.67. The van der Waals surface area contributed by atoms with Crippen LogP contribution in [-0.4, -0.2) is 24.0 Å². The summed E-state index contributed by atoms with van der Waals surface area (Å²) in [6.07, 6.45) is -3.65. The molecule has 0 spiro atoms. The number of ether oxygens (including phenoxy) is 1. The van der Waals surface area contributed by atoms with Crippen LogP contribution < -0.4 is 4.74 Å². The largest absolute Gasteiger partial charge is 0.489 e. The van der Waals surface area contributed by atoms with Crippen molar-refractivity contribution in [3.63, 3.8) is 0 Å². The number of benzene rings is 2.